The molecular formula is C20H24N2O2S. The first-order valence-corrected chi connectivity index (χ1v) is 9.66. The Morgan fingerprint density at radius 1 is 1.24 bits per heavy atom. The standard InChI is InChI=1S/C20H24N2O2S/c1-24-12-11-22(14-18-7-2-3-10-21-18)20(23)15-25-19-9-8-16-5-4-6-17(16)13-19/h2-3,7-10,13H,4-6,11-12,14-15H2,1H3. The average molecular weight is 356 g/mol. The van der Waals surface area contributed by atoms with E-state index in [1.165, 1.54) is 28.9 Å². The molecule has 0 atom stereocenters. The Morgan fingerprint density at radius 2 is 2.12 bits per heavy atom. The summed E-state index contributed by atoms with van der Waals surface area (Å²) in [4.78, 5) is 20.0. The number of rotatable bonds is 8. The number of carbonyl (C=O) groups is 1. The zero-order valence-electron chi connectivity index (χ0n) is 14.6. The molecule has 1 amide bonds. The summed E-state index contributed by atoms with van der Waals surface area (Å²) in [6.45, 7) is 1.63. The molecule has 25 heavy (non-hydrogen) atoms. The molecule has 0 saturated heterocycles. The predicted molar refractivity (Wildman–Crippen MR) is 101 cm³/mol. The first-order chi connectivity index (χ1) is 12.3. The van der Waals surface area contributed by atoms with Crippen LogP contribution in [0.5, 0.6) is 0 Å². The first kappa shape index (κ1) is 18.0. The molecule has 2 aromatic rings. The van der Waals surface area contributed by atoms with E-state index in [4.69, 9.17) is 4.74 Å². The van der Waals surface area contributed by atoms with Gasteiger partial charge in [-0.2, -0.15) is 0 Å². The van der Waals surface area contributed by atoms with Crippen molar-refractivity contribution >= 4 is 17.7 Å². The lowest BCUT2D eigenvalue weighted by atomic mass is 10.1. The Kier molecular flexibility index (Phi) is 6.48. The van der Waals surface area contributed by atoms with E-state index in [0.717, 1.165) is 12.1 Å². The van der Waals surface area contributed by atoms with Crippen LogP contribution in [-0.2, 0) is 28.9 Å². The van der Waals surface area contributed by atoms with Crippen LogP contribution >= 0.6 is 11.8 Å². The highest BCUT2D eigenvalue weighted by molar-refractivity contribution is 8.00. The number of thioether (sulfide) groups is 1. The lowest BCUT2D eigenvalue weighted by Gasteiger charge is -2.22. The second-order valence-electron chi connectivity index (χ2n) is 6.20. The topological polar surface area (TPSA) is 42.4 Å². The van der Waals surface area contributed by atoms with Crippen LogP contribution in [0.4, 0.5) is 0 Å². The molecule has 5 heteroatoms. The molecule has 3 rings (SSSR count). The van der Waals surface area contributed by atoms with Gasteiger partial charge in [0.2, 0.25) is 5.91 Å². The third-order valence-electron chi connectivity index (χ3n) is 4.43. The number of amides is 1. The number of ether oxygens (including phenoxy) is 1. The molecule has 0 saturated carbocycles. The quantitative estimate of drug-likeness (QED) is 0.681. The number of aryl methyl sites for hydroxylation is 2. The molecule has 0 radical (unpaired) electrons. The van der Waals surface area contributed by atoms with Crippen molar-refractivity contribution in [3.8, 4) is 0 Å². The number of methoxy groups -OCH3 is 1. The van der Waals surface area contributed by atoms with Crippen LogP contribution in [0.25, 0.3) is 0 Å². The molecule has 0 N–H and O–H groups in total. The van der Waals surface area contributed by atoms with Crippen molar-refractivity contribution in [1.82, 2.24) is 9.88 Å². The van der Waals surface area contributed by atoms with E-state index < -0.39 is 0 Å². The molecule has 1 aliphatic carbocycles. The minimum Gasteiger partial charge on any atom is -0.383 e. The molecule has 1 aromatic heterocycles. The molecule has 0 spiro atoms. The maximum absolute atomic E-state index is 12.7. The van der Waals surface area contributed by atoms with Crippen molar-refractivity contribution < 1.29 is 9.53 Å². The second-order valence-corrected chi connectivity index (χ2v) is 7.25. The number of carbonyl (C=O) groups excluding carboxylic acids is 1. The van der Waals surface area contributed by atoms with E-state index >= 15 is 0 Å². The van der Waals surface area contributed by atoms with Crippen molar-refractivity contribution in [1.29, 1.82) is 0 Å². The summed E-state index contributed by atoms with van der Waals surface area (Å²) in [7, 11) is 1.66. The fourth-order valence-electron chi connectivity index (χ4n) is 3.05. The van der Waals surface area contributed by atoms with Gasteiger partial charge in [0.05, 0.1) is 24.6 Å². The van der Waals surface area contributed by atoms with Gasteiger partial charge in [-0.15, -0.1) is 11.8 Å². The number of fused-ring (bicyclic) bond motifs is 1. The Balaban J connectivity index is 1.59. The molecule has 0 bridgehead atoms. The normalized spacial score (nSPS) is 12.8. The lowest BCUT2D eigenvalue weighted by molar-refractivity contribution is -0.129. The Labute approximate surface area is 153 Å². The number of aromatic nitrogens is 1. The van der Waals surface area contributed by atoms with Crippen LogP contribution in [0.2, 0.25) is 0 Å². The van der Waals surface area contributed by atoms with E-state index in [9.17, 15) is 4.79 Å². The van der Waals surface area contributed by atoms with Gasteiger partial charge in [0.25, 0.3) is 0 Å². The number of nitrogens with zero attached hydrogens (tertiary/aromatic N) is 2. The zero-order valence-corrected chi connectivity index (χ0v) is 15.4. The molecule has 0 aliphatic heterocycles. The molecular weight excluding hydrogens is 332 g/mol. The fourth-order valence-corrected chi connectivity index (χ4v) is 3.92. The van der Waals surface area contributed by atoms with Gasteiger partial charge in [-0.3, -0.25) is 9.78 Å². The van der Waals surface area contributed by atoms with Crippen molar-refractivity contribution in [2.24, 2.45) is 0 Å². The Hall–Kier alpha value is -1.85. The second kappa shape index (κ2) is 9.02. The highest BCUT2D eigenvalue weighted by atomic mass is 32.2. The number of hydrogen-bond acceptors (Lipinski definition) is 4. The molecule has 0 unspecified atom stereocenters. The smallest absolute Gasteiger partial charge is 0.233 e. The maximum Gasteiger partial charge on any atom is 0.233 e. The third kappa shape index (κ3) is 5.06. The average Bonchev–Trinajstić information content (AvgIpc) is 3.11. The summed E-state index contributed by atoms with van der Waals surface area (Å²) >= 11 is 1.61. The molecule has 132 valence electrons. The summed E-state index contributed by atoms with van der Waals surface area (Å²) < 4.78 is 5.15. The van der Waals surface area contributed by atoms with Crippen LogP contribution in [0.1, 0.15) is 23.2 Å². The summed E-state index contributed by atoms with van der Waals surface area (Å²) in [5, 5.41) is 0. The largest absolute Gasteiger partial charge is 0.383 e. The third-order valence-corrected chi connectivity index (χ3v) is 5.41. The maximum atomic E-state index is 12.7. The fraction of sp³-hybridized carbons (Fsp3) is 0.400. The monoisotopic (exact) mass is 356 g/mol. The summed E-state index contributed by atoms with van der Waals surface area (Å²) in [5.41, 5.74) is 3.81. The van der Waals surface area contributed by atoms with Crippen molar-refractivity contribution in [2.75, 3.05) is 26.0 Å². The van der Waals surface area contributed by atoms with E-state index in [0.29, 0.717) is 25.4 Å². The van der Waals surface area contributed by atoms with Crippen molar-refractivity contribution in [2.45, 2.75) is 30.7 Å². The molecule has 1 heterocycles. The minimum absolute atomic E-state index is 0.119. The van der Waals surface area contributed by atoms with Crippen LogP contribution in [0, 0.1) is 0 Å². The zero-order chi connectivity index (χ0) is 17.5. The van der Waals surface area contributed by atoms with E-state index in [2.05, 4.69) is 23.2 Å². The van der Waals surface area contributed by atoms with Crippen molar-refractivity contribution in [3.05, 3.63) is 59.4 Å². The lowest BCUT2D eigenvalue weighted by Crippen LogP contribution is -2.35. The highest BCUT2D eigenvalue weighted by Crippen LogP contribution is 2.27. The van der Waals surface area contributed by atoms with Gasteiger partial charge in [0.15, 0.2) is 0 Å². The minimum atomic E-state index is 0.119. The van der Waals surface area contributed by atoms with Crippen LogP contribution in [-0.4, -0.2) is 41.8 Å². The van der Waals surface area contributed by atoms with Gasteiger partial charge in [-0.1, -0.05) is 12.1 Å². The molecule has 0 fully saturated rings. The van der Waals surface area contributed by atoms with Gasteiger partial charge in [0.1, 0.15) is 0 Å². The molecule has 1 aliphatic rings. The summed E-state index contributed by atoms with van der Waals surface area (Å²) in [5.74, 6) is 0.559. The highest BCUT2D eigenvalue weighted by Gasteiger charge is 2.16. The van der Waals surface area contributed by atoms with Gasteiger partial charge in [-0.25, -0.2) is 0 Å². The van der Waals surface area contributed by atoms with Gasteiger partial charge in [0, 0.05) is 24.7 Å². The van der Waals surface area contributed by atoms with Crippen molar-refractivity contribution in [3.63, 3.8) is 0 Å². The predicted octanol–water partition coefficient (Wildman–Crippen LogP) is 3.34. The SMILES string of the molecule is COCCN(Cc1ccccn1)C(=O)CSc1ccc2c(c1)CCC2. The van der Waals surface area contributed by atoms with Gasteiger partial charge in [-0.05, 0) is 54.7 Å². The number of hydrogen-bond donors (Lipinski definition) is 0. The van der Waals surface area contributed by atoms with E-state index in [1.807, 2.05) is 23.1 Å². The number of pyridine rings is 1. The van der Waals surface area contributed by atoms with Crippen LogP contribution < -0.4 is 0 Å². The first-order valence-electron chi connectivity index (χ1n) is 8.67. The Morgan fingerprint density at radius 3 is 2.92 bits per heavy atom. The summed E-state index contributed by atoms with van der Waals surface area (Å²) in [6, 6.07) is 12.4. The van der Waals surface area contributed by atoms with E-state index in [1.54, 1.807) is 25.1 Å². The van der Waals surface area contributed by atoms with E-state index in [-0.39, 0.29) is 5.91 Å². The van der Waals surface area contributed by atoms with Crippen LogP contribution in [0.3, 0.4) is 0 Å². The molecule has 1 aromatic carbocycles. The number of benzene rings is 1. The summed E-state index contributed by atoms with van der Waals surface area (Å²) in [6.07, 6.45) is 5.36. The molecule has 4 nitrogen and oxygen atoms in total. The Bertz CT molecular complexity index is 706. The van der Waals surface area contributed by atoms with Gasteiger partial charge < -0.3 is 9.64 Å². The van der Waals surface area contributed by atoms with Gasteiger partial charge >= 0.3 is 0 Å². The van der Waals surface area contributed by atoms with Crippen LogP contribution in [0.15, 0.2) is 47.5 Å².